The smallest absolute Gasteiger partial charge is 0.243 e. The highest BCUT2D eigenvalue weighted by Gasteiger charge is 2.38. The molecule has 5 nitrogen and oxygen atoms in total. The van der Waals surface area contributed by atoms with Gasteiger partial charge in [0.25, 0.3) is 0 Å². The molecule has 0 saturated carbocycles. The quantitative estimate of drug-likeness (QED) is 0.891. The first kappa shape index (κ1) is 14.5. The fraction of sp³-hybridized carbons (Fsp3) is 0.538. The molecule has 1 fully saturated rings. The van der Waals surface area contributed by atoms with Gasteiger partial charge in [0.2, 0.25) is 10.0 Å². The van der Waals surface area contributed by atoms with Gasteiger partial charge in [-0.05, 0) is 26.0 Å². The second-order valence-electron chi connectivity index (χ2n) is 5.35. The third kappa shape index (κ3) is 3.14. The normalized spacial score (nSPS) is 24.3. The minimum Gasteiger partial charge on any atom is -0.368 e. The monoisotopic (exact) mass is 284 g/mol. The molecule has 0 spiro atoms. The van der Waals surface area contributed by atoms with Crippen LogP contribution in [0.4, 0.5) is 0 Å². The number of morpholine rings is 1. The van der Waals surface area contributed by atoms with Crippen LogP contribution >= 0.6 is 0 Å². The van der Waals surface area contributed by atoms with Crippen molar-refractivity contribution in [2.45, 2.75) is 30.4 Å². The fourth-order valence-corrected chi connectivity index (χ4v) is 3.93. The van der Waals surface area contributed by atoms with E-state index in [1.165, 1.54) is 4.31 Å². The van der Waals surface area contributed by atoms with Gasteiger partial charge in [-0.2, -0.15) is 4.31 Å². The molecule has 6 heteroatoms. The summed E-state index contributed by atoms with van der Waals surface area (Å²) in [5.41, 5.74) is 5.10. The molecule has 1 aliphatic heterocycles. The number of ether oxygens (including phenoxy) is 1. The third-order valence-corrected chi connectivity index (χ3v) is 4.92. The highest BCUT2D eigenvalue weighted by molar-refractivity contribution is 7.89. The van der Waals surface area contributed by atoms with E-state index in [0.717, 1.165) is 0 Å². The molecule has 1 atom stereocenters. The van der Waals surface area contributed by atoms with Crippen molar-refractivity contribution in [3.05, 3.63) is 30.3 Å². The number of nitrogens with two attached hydrogens (primary N) is 1. The lowest BCUT2D eigenvalue weighted by Gasteiger charge is -2.41. The number of rotatable bonds is 3. The zero-order valence-corrected chi connectivity index (χ0v) is 12.1. The van der Waals surface area contributed by atoms with Gasteiger partial charge < -0.3 is 10.5 Å². The molecular formula is C13H20N2O3S. The molecule has 0 aromatic heterocycles. The Balaban J connectivity index is 2.30. The summed E-state index contributed by atoms with van der Waals surface area (Å²) in [5, 5.41) is 0. The van der Waals surface area contributed by atoms with Crippen LogP contribution in [0.15, 0.2) is 35.2 Å². The summed E-state index contributed by atoms with van der Waals surface area (Å²) in [6.45, 7) is 4.70. The van der Waals surface area contributed by atoms with E-state index in [1.54, 1.807) is 30.3 Å². The van der Waals surface area contributed by atoms with Crippen molar-refractivity contribution in [2.75, 3.05) is 19.6 Å². The van der Waals surface area contributed by atoms with Crippen LogP contribution in [0.3, 0.4) is 0 Å². The first-order valence-electron chi connectivity index (χ1n) is 6.28. The maximum absolute atomic E-state index is 12.6. The second-order valence-corrected chi connectivity index (χ2v) is 7.28. The number of benzene rings is 1. The molecule has 2 N–H and O–H groups in total. The van der Waals surface area contributed by atoms with Gasteiger partial charge in [-0.3, -0.25) is 0 Å². The summed E-state index contributed by atoms with van der Waals surface area (Å²) in [4.78, 5) is 0.309. The number of hydrogen-bond acceptors (Lipinski definition) is 4. The summed E-state index contributed by atoms with van der Waals surface area (Å²) in [6, 6.07) is 8.45. The van der Waals surface area contributed by atoms with E-state index < -0.39 is 15.6 Å². The molecule has 106 valence electrons. The minimum absolute atomic E-state index is 0.262. The van der Waals surface area contributed by atoms with Crippen molar-refractivity contribution in [1.29, 1.82) is 0 Å². The van der Waals surface area contributed by atoms with E-state index in [9.17, 15) is 8.42 Å². The van der Waals surface area contributed by atoms with Gasteiger partial charge >= 0.3 is 0 Å². The van der Waals surface area contributed by atoms with Crippen LogP contribution in [0.5, 0.6) is 0 Å². The SMILES string of the molecule is CC1(C)CN(S(=O)(=O)c2ccccc2)CC(CN)O1. The van der Waals surface area contributed by atoms with Gasteiger partial charge in [0.1, 0.15) is 0 Å². The average Bonchev–Trinajstić information content (AvgIpc) is 2.37. The van der Waals surface area contributed by atoms with E-state index in [1.807, 2.05) is 13.8 Å². The van der Waals surface area contributed by atoms with Gasteiger partial charge in [-0.25, -0.2) is 8.42 Å². The van der Waals surface area contributed by atoms with Crippen molar-refractivity contribution in [1.82, 2.24) is 4.31 Å². The number of hydrogen-bond donors (Lipinski definition) is 1. The molecule has 1 aliphatic rings. The predicted molar refractivity (Wildman–Crippen MR) is 73.2 cm³/mol. The molecule has 1 unspecified atom stereocenters. The molecule has 0 aliphatic carbocycles. The van der Waals surface area contributed by atoms with E-state index in [0.29, 0.717) is 24.5 Å². The molecule has 0 radical (unpaired) electrons. The van der Waals surface area contributed by atoms with Gasteiger partial charge in [0.15, 0.2) is 0 Å². The van der Waals surface area contributed by atoms with Crippen LogP contribution in [0.1, 0.15) is 13.8 Å². The van der Waals surface area contributed by atoms with E-state index in [-0.39, 0.29) is 6.10 Å². The molecule has 2 rings (SSSR count). The van der Waals surface area contributed by atoms with Crippen molar-refractivity contribution >= 4 is 10.0 Å². The molecule has 1 aromatic rings. The Morgan fingerprint density at radius 3 is 2.58 bits per heavy atom. The summed E-state index contributed by atoms with van der Waals surface area (Å²) in [6.07, 6.45) is -0.262. The Morgan fingerprint density at radius 1 is 1.37 bits per heavy atom. The van der Waals surface area contributed by atoms with Gasteiger partial charge in [0.05, 0.1) is 16.6 Å². The maximum atomic E-state index is 12.6. The van der Waals surface area contributed by atoms with Crippen molar-refractivity contribution in [2.24, 2.45) is 5.73 Å². The number of sulfonamides is 1. The summed E-state index contributed by atoms with van der Waals surface area (Å²) < 4.78 is 32.3. The summed E-state index contributed by atoms with van der Waals surface area (Å²) >= 11 is 0. The first-order valence-corrected chi connectivity index (χ1v) is 7.72. The van der Waals surface area contributed by atoms with Crippen LogP contribution in [-0.2, 0) is 14.8 Å². The van der Waals surface area contributed by atoms with Crippen molar-refractivity contribution in [3.8, 4) is 0 Å². The van der Waals surface area contributed by atoms with Crippen LogP contribution in [0, 0.1) is 0 Å². The molecule has 1 heterocycles. The van der Waals surface area contributed by atoms with E-state index >= 15 is 0 Å². The first-order chi connectivity index (χ1) is 8.85. The largest absolute Gasteiger partial charge is 0.368 e. The third-order valence-electron chi connectivity index (χ3n) is 3.09. The molecule has 1 saturated heterocycles. The van der Waals surface area contributed by atoms with Gasteiger partial charge in [-0.1, -0.05) is 18.2 Å². The second kappa shape index (κ2) is 5.20. The molecule has 0 amide bonds. The molecule has 0 bridgehead atoms. The summed E-state index contributed by atoms with van der Waals surface area (Å²) in [7, 11) is -3.48. The maximum Gasteiger partial charge on any atom is 0.243 e. The van der Waals surface area contributed by atoms with Gasteiger partial charge in [-0.15, -0.1) is 0 Å². The van der Waals surface area contributed by atoms with Crippen molar-refractivity contribution < 1.29 is 13.2 Å². The van der Waals surface area contributed by atoms with Crippen LogP contribution in [-0.4, -0.2) is 44.1 Å². The lowest BCUT2D eigenvalue weighted by Crippen LogP contribution is -2.56. The highest BCUT2D eigenvalue weighted by atomic mass is 32.2. The fourth-order valence-electron chi connectivity index (χ4n) is 2.29. The van der Waals surface area contributed by atoms with Crippen molar-refractivity contribution in [3.63, 3.8) is 0 Å². The van der Waals surface area contributed by atoms with E-state index in [4.69, 9.17) is 10.5 Å². The summed E-state index contributed by atoms with van der Waals surface area (Å²) in [5.74, 6) is 0. The standard InChI is InChI=1S/C13H20N2O3S/c1-13(2)10-15(9-11(8-14)18-13)19(16,17)12-6-4-3-5-7-12/h3-7,11H,8-10,14H2,1-2H3. The average molecular weight is 284 g/mol. The lowest BCUT2D eigenvalue weighted by molar-refractivity contribution is -0.112. The Morgan fingerprint density at radius 2 is 2.00 bits per heavy atom. The van der Waals surface area contributed by atoms with Gasteiger partial charge in [0, 0.05) is 19.6 Å². The Kier molecular flexibility index (Phi) is 3.96. The topological polar surface area (TPSA) is 72.6 Å². The van der Waals surface area contributed by atoms with Crippen LogP contribution < -0.4 is 5.73 Å². The zero-order chi connectivity index (χ0) is 14.1. The van der Waals surface area contributed by atoms with E-state index in [2.05, 4.69) is 0 Å². The Labute approximate surface area is 114 Å². The zero-order valence-electron chi connectivity index (χ0n) is 11.2. The molecular weight excluding hydrogens is 264 g/mol. The number of nitrogens with zero attached hydrogens (tertiary/aromatic N) is 1. The Bertz CT molecular complexity index is 528. The molecule has 19 heavy (non-hydrogen) atoms. The highest BCUT2D eigenvalue weighted by Crippen LogP contribution is 2.26. The minimum atomic E-state index is -3.48. The lowest BCUT2D eigenvalue weighted by atomic mass is 10.1. The van der Waals surface area contributed by atoms with Crippen LogP contribution in [0.2, 0.25) is 0 Å². The van der Waals surface area contributed by atoms with Crippen LogP contribution in [0.25, 0.3) is 0 Å². The Hall–Kier alpha value is -0.950. The molecule has 1 aromatic carbocycles. The predicted octanol–water partition coefficient (Wildman–Crippen LogP) is 0.813.